The van der Waals surface area contributed by atoms with Gasteiger partial charge in [0.25, 0.3) is 0 Å². The van der Waals surface area contributed by atoms with Gasteiger partial charge in [0.05, 0.1) is 11.9 Å². The Kier molecular flexibility index (Phi) is 15.6. The fourth-order valence-electron chi connectivity index (χ4n) is 9.42. The van der Waals surface area contributed by atoms with Gasteiger partial charge in [0.1, 0.15) is 11.6 Å². The third kappa shape index (κ3) is 12.6. The van der Waals surface area contributed by atoms with Crippen molar-refractivity contribution >= 4 is 68.6 Å². The topological polar surface area (TPSA) is 126 Å². The number of anilines is 2. The third-order valence-electron chi connectivity index (χ3n) is 12.7. The lowest BCUT2D eigenvalue weighted by Gasteiger charge is -2.52. The number of aryl methyl sites for hydroxylation is 2. The highest BCUT2D eigenvalue weighted by atomic mass is 35.5. The molecule has 8 rings (SSSR count). The highest BCUT2D eigenvalue weighted by molar-refractivity contribution is 7.92. The SMILES string of the molecule is Cc1cc(/C=C/C(=O)N2CC3CN(C)CC(C2)N3Cc2ccc(F)cc2)c(N)cc1Cl.Cc1cc(/C=C/C(=O)N2CC3CN(C)CC(C2)N3Cc2ccc(F)cc2)c(NS(C)(=O)=O)cc1Cl. The van der Waals surface area contributed by atoms with Gasteiger partial charge in [0.2, 0.25) is 21.8 Å². The molecule has 2 amide bonds. The molecule has 4 fully saturated rings. The first-order chi connectivity index (χ1) is 31.3. The summed E-state index contributed by atoms with van der Waals surface area (Å²) < 4.78 is 52.6. The van der Waals surface area contributed by atoms with Gasteiger partial charge in [-0.1, -0.05) is 47.5 Å². The van der Waals surface area contributed by atoms with Crippen LogP contribution in [0.25, 0.3) is 12.2 Å². The lowest BCUT2D eigenvalue weighted by molar-refractivity contribution is -0.134. The maximum atomic E-state index is 13.3. The van der Waals surface area contributed by atoms with E-state index in [0.29, 0.717) is 59.7 Å². The Hall–Kier alpha value is -4.87. The maximum absolute atomic E-state index is 13.3. The maximum Gasteiger partial charge on any atom is 0.246 e. The number of hydrogen-bond acceptors (Lipinski definition) is 9. The number of nitrogens with one attached hydrogen (secondary N) is 1. The lowest BCUT2D eigenvalue weighted by Crippen LogP contribution is -2.68. The van der Waals surface area contributed by atoms with Crippen molar-refractivity contribution in [2.75, 3.05) is 83.2 Å². The molecule has 4 saturated heterocycles. The highest BCUT2D eigenvalue weighted by Crippen LogP contribution is 2.30. The van der Waals surface area contributed by atoms with E-state index >= 15 is 0 Å². The number of benzene rings is 4. The Morgan fingerprint density at radius 3 is 1.44 bits per heavy atom. The summed E-state index contributed by atoms with van der Waals surface area (Å²) in [7, 11) is 0.705. The van der Waals surface area contributed by atoms with Crippen LogP contribution in [0.2, 0.25) is 10.0 Å². The first kappa shape index (κ1) is 49.0. The summed E-state index contributed by atoms with van der Waals surface area (Å²) in [6.45, 7) is 11.2. The second kappa shape index (κ2) is 21.0. The van der Waals surface area contributed by atoms with Crippen LogP contribution in [-0.4, -0.2) is 147 Å². The number of likely N-dealkylation sites (N-methyl/N-ethyl adjacent to an activating group) is 2. The van der Waals surface area contributed by atoms with Crippen LogP contribution in [-0.2, 0) is 32.7 Å². The molecule has 17 heteroatoms. The average molecular weight is 964 g/mol. The van der Waals surface area contributed by atoms with Crippen molar-refractivity contribution in [2.24, 2.45) is 0 Å². The molecule has 4 unspecified atom stereocenters. The van der Waals surface area contributed by atoms with E-state index in [0.717, 1.165) is 66.8 Å². The number of nitrogens with zero attached hydrogens (tertiary/aromatic N) is 6. The van der Waals surface area contributed by atoms with Crippen molar-refractivity contribution in [3.8, 4) is 0 Å². The van der Waals surface area contributed by atoms with Gasteiger partial charge in [-0.15, -0.1) is 0 Å². The molecule has 4 aromatic rings. The van der Waals surface area contributed by atoms with Gasteiger partial charge in [-0.3, -0.25) is 24.1 Å². The minimum absolute atomic E-state index is 0.00649. The second-order valence-corrected chi connectivity index (χ2v) is 20.7. The van der Waals surface area contributed by atoms with Crippen LogP contribution in [0.4, 0.5) is 20.2 Å². The number of hydrogen-bond donors (Lipinski definition) is 2. The summed E-state index contributed by atoms with van der Waals surface area (Å²) in [4.78, 5) is 39.4. The van der Waals surface area contributed by atoms with Crippen LogP contribution in [0.1, 0.15) is 33.4 Å². The molecular weight excluding hydrogens is 906 g/mol. The molecule has 4 heterocycles. The molecule has 66 heavy (non-hydrogen) atoms. The van der Waals surface area contributed by atoms with E-state index in [1.165, 1.54) is 30.3 Å². The van der Waals surface area contributed by atoms with E-state index in [9.17, 15) is 26.8 Å². The number of fused-ring (bicyclic) bond motifs is 4. The van der Waals surface area contributed by atoms with Gasteiger partial charge in [-0.2, -0.15) is 0 Å². The number of amides is 2. The Morgan fingerprint density at radius 2 is 1.03 bits per heavy atom. The van der Waals surface area contributed by atoms with Crippen LogP contribution in [0.3, 0.4) is 0 Å². The largest absolute Gasteiger partial charge is 0.398 e. The number of carbonyl (C=O) groups is 2. The molecule has 0 radical (unpaired) electrons. The number of nitrogens with two attached hydrogens (primary N) is 1. The molecule has 0 spiro atoms. The van der Waals surface area contributed by atoms with Gasteiger partial charge in [0, 0.05) is 117 Å². The molecule has 4 aromatic carbocycles. The van der Waals surface area contributed by atoms with Crippen molar-refractivity contribution in [3.05, 3.63) is 140 Å². The van der Waals surface area contributed by atoms with Crippen molar-refractivity contribution in [3.63, 3.8) is 0 Å². The van der Waals surface area contributed by atoms with Gasteiger partial charge in [-0.25, -0.2) is 17.2 Å². The fourth-order valence-corrected chi connectivity index (χ4v) is 10.3. The Bertz CT molecular complexity index is 2550. The highest BCUT2D eigenvalue weighted by Gasteiger charge is 2.41. The number of carbonyl (C=O) groups excluding carboxylic acids is 2. The number of sulfonamides is 1. The van der Waals surface area contributed by atoms with Gasteiger partial charge in [0.15, 0.2) is 0 Å². The van der Waals surface area contributed by atoms with Gasteiger partial charge < -0.3 is 25.3 Å². The first-order valence-electron chi connectivity index (χ1n) is 21.9. The lowest BCUT2D eigenvalue weighted by atomic mass is 9.99. The summed E-state index contributed by atoms with van der Waals surface area (Å²) in [5.41, 5.74) is 12.2. The van der Waals surface area contributed by atoms with Gasteiger partial charge in [-0.05, 0) is 122 Å². The average Bonchev–Trinajstić information content (AvgIpc) is 3.24. The third-order valence-corrected chi connectivity index (χ3v) is 14.1. The minimum atomic E-state index is -3.51. The molecule has 0 aromatic heterocycles. The summed E-state index contributed by atoms with van der Waals surface area (Å²) >= 11 is 12.3. The van der Waals surface area contributed by atoms with Crippen molar-refractivity contribution < 1.29 is 26.8 Å². The molecular formula is C49H58Cl2F2N8O4S. The van der Waals surface area contributed by atoms with E-state index in [1.807, 2.05) is 54.0 Å². The Morgan fingerprint density at radius 1 is 0.652 bits per heavy atom. The predicted molar refractivity (Wildman–Crippen MR) is 261 cm³/mol. The zero-order chi connectivity index (χ0) is 47.4. The number of halogens is 4. The smallest absolute Gasteiger partial charge is 0.246 e. The number of piperazine rings is 4. The normalized spacial score (nSPS) is 21.8. The molecule has 4 atom stereocenters. The molecule has 4 aliphatic heterocycles. The molecule has 4 aliphatic rings. The first-order valence-corrected chi connectivity index (χ1v) is 24.6. The predicted octanol–water partition coefficient (Wildman–Crippen LogP) is 6.61. The van der Waals surface area contributed by atoms with Crippen LogP contribution >= 0.6 is 23.2 Å². The van der Waals surface area contributed by atoms with Gasteiger partial charge >= 0.3 is 0 Å². The van der Waals surface area contributed by atoms with Crippen molar-refractivity contribution in [1.82, 2.24) is 29.4 Å². The van der Waals surface area contributed by atoms with E-state index < -0.39 is 10.0 Å². The molecule has 3 N–H and O–H groups in total. The molecule has 4 bridgehead atoms. The summed E-state index contributed by atoms with van der Waals surface area (Å²) in [6, 6.07) is 21.0. The zero-order valence-electron chi connectivity index (χ0n) is 37.9. The summed E-state index contributed by atoms with van der Waals surface area (Å²) in [5.74, 6) is -0.596. The quantitative estimate of drug-likeness (QED) is 0.134. The second-order valence-electron chi connectivity index (χ2n) is 18.1. The van der Waals surface area contributed by atoms with E-state index in [2.05, 4.69) is 38.4 Å². The van der Waals surface area contributed by atoms with Crippen LogP contribution in [0, 0.1) is 25.5 Å². The number of nitrogen functional groups attached to an aromatic ring is 1. The van der Waals surface area contributed by atoms with E-state index in [1.54, 1.807) is 36.4 Å². The standard InChI is InChI=1S/C25H30ClFN4O3S.C24H28ClFN4O/c1-17-10-19(24(11-23(17)26)28-35(3,33)34)6-9-25(32)30-15-21-13-29(2)14-22(16-30)31(21)12-18-4-7-20(27)8-5-18;1-16-9-18(23(27)10-22(16)25)5-8-24(31)29-14-20-12-28(2)13-21(15-29)30(20)11-17-3-6-19(26)7-4-17/h4-11,21-22,28H,12-16H2,1-3H3;3-10,20-21H,11-15,27H2,1-2H3/b9-6+;8-5+. The summed E-state index contributed by atoms with van der Waals surface area (Å²) in [6.07, 6.45) is 7.57. The number of rotatable bonds is 10. The van der Waals surface area contributed by atoms with E-state index in [-0.39, 0.29) is 47.6 Å². The van der Waals surface area contributed by atoms with Crippen molar-refractivity contribution in [1.29, 1.82) is 0 Å². The Balaban J connectivity index is 0.000000198. The minimum Gasteiger partial charge on any atom is -0.398 e. The molecule has 0 saturated carbocycles. The van der Waals surface area contributed by atoms with Crippen molar-refractivity contribution in [2.45, 2.75) is 51.1 Å². The molecule has 12 nitrogen and oxygen atoms in total. The van der Waals surface area contributed by atoms with Crippen LogP contribution in [0.5, 0.6) is 0 Å². The van der Waals surface area contributed by atoms with Crippen LogP contribution in [0.15, 0.2) is 84.9 Å². The molecule has 352 valence electrons. The Labute approximate surface area is 397 Å². The van der Waals surface area contributed by atoms with Crippen LogP contribution < -0.4 is 10.5 Å². The zero-order valence-corrected chi connectivity index (χ0v) is 40.3. The molecule has 0 aliphatic carbocycles. The summed E-state index contributed by atoms with van der Waals surface area (Å²) in [5, 5.41) is 1.06. The van der Waals surface area contributed by atoms with E-state index in [4.69, 9.17) is 28.9 Å². The monoisotopic (exact) mass is 962 g/mol. The fraction of sp³-hybridized carbons (Fsp3) is 0.388.